The van der Waals surface area contributed by atoms with Gasteiger partial charge in [-0.05, 0) is 39.8 Å². The van der Waals surface area contributed by atoms with Gasteiger partial charge in [0.25, 0.3) is 0 Å². The van der Waals surface area contributed by atoms with Crippen molar-refractivity contribution in [2.75, 3.05) is 52.9 Å². The van der Waals surface area contributed by atoms with E-state index in [1.807, 2.05) is 13.8 Å². The van der Waals surface area contributed by atoms with Crippen LogP contribution in [0.1, 0.15) is 34.1 Å². The van der Waals surface area contributed by atoms with E-state index in [-0.39, 0.29) is 0 Å². The second kappa shape index (κ2) is 8.13. The van der Waals surface area contributed by atoms with Crippen molar-refractivity contribution in [3.05, 3.63) is 0 Å². The van der Waals surface area contributed by atoms with E-state index in [1.165, 1.54) is 52.2 Å². The molecular weight excluding hydrogens is 222 g/mol. The van der Waals surface area contributed by atoms with Gasteiger partial charge in [0.2, 0.25) is 0 Å². The third kappa shape index (κ3) is 4.87. The Labute approximate surface area is 114 Å². The molecule has 2 saturated heterocycles. The molecule has 1 atom stereocenters. The number of piperazine rings is 1. The van der Waals surface area contributed by atoms with Gasteiger partial charge in [0.15, 0.2) is 0 Å². The predicted molar refractivity (Wildman–Crippen MR) is 80.1 cm³/mol. The number of hydrogen-bond donors (Lipinski definition) is 0. The van der Waals surface area contributed by atoms with E-state index < -0.39 is 0 Å². The van der Waals surface area contributed by atoms with E-state index in [0.717, 1.165) is 12.0 Å². The van der Waals surface area contributed by atoms with Gasteiger partial charge < -0.3 is 14.7 Å². The molecule has 18 heavy (non-hydrogen) atoms. The van der Waals surface area contributed by atoms with Crippen molar-refractivity contribution in [2.45, 2.75) is 40.2 Å². The summed E-state index contributed by atoms with van der Waals surface area (Å²) in [6.45, 7) is 17.7. The van der Waals surface area contributed by atoms with E-state index in [1.54, 1.807) is 0 Å². The highest BCUT2D eigenvalue weighted by Gasteiger charge is 2.26. The zero-order valence-corrected chi connectivity index (χ0v) is 13.2. The Morgan fingerprint density at radius 3 is 2.11 bits per heavy atom. The quantitative estimate of drug-likeness (QED) is 0.763. The molecule has 108 valence electrons. The predicted octanol–water partition coefficient (Wildman–Crippen LogP) is 1.99. The molecule has 0 radical (unpaired) electrons. The van der Waals surface area contributed by atoms with Crippen LogP contribution in [0.5, 0.6) is 0 Å². The van der Waals surface area contributed by atoms with Crippen molar-refractivity contribution >= 4 is 0 Å². The van der Waals surface area contributed by atoms with E-state index >= 15 is 0 Å². The van der Waals surface area contributed by atoms with Crippen LogP contribution in [0.3, 0.4) is 0 Å². The maximum atomic E-state index is 2.66. The monoisotopic (exact) mass is 255 g/mol. The van der Waals surface area contributed by atoms with Gasteiger partial charge >= 0.3 is 0 Å². The third-order valence-corrected chi connectivity index (χ3v) is 4.16. The average molecular weight is 255 g/mol. The molecule has 0 spiro atoms. The molecule has 2 fully saturated rings. The minimum atomic E-state index is 0.734. The largest absolute Gasteiger partial charge is 0.304 e. The minimum Gasteiger partial charge on any atom is -0.304 e. The maximum absolute atomic E-state index is 2.66. The Morgan fingerprint density at radius 2 is 1.61 bits per heavy atom. The van der Waals surface area contributed by atoms with Crippen molar-refractivity contribution in [2.24, 2.45) is 5.92 Å². The number of likely N-dealkylation sites (N-methyl/N-ethyl adjacent to an activating group) is 1. The van der Waals surface area contributed by atoms with Crippen molar-refractivity contribution in [1.29, 1.82) is 0 Å². The van der Waals surface area contributed by atoms with Crippen LogP contribution in [0.15, 0.2) is 0 Å². The lowest BCUT2D eigenvalue weighted by Crippen LogP contribution is -2.46. The summed E-state index contributed by atoms with van der Waals surface area (Å²) in [5, 5.41) is 0. The summed E-state index contributed by atoms with van der Waals surface area (Å²) in [6.07, 6.45) is 1.41. The highest BCUT2D eigenvalue weighted by Crippen LogP contribution is 2.19. The fraction of sp³-hybridized carbons (Fsp3) is 1.00. The highest BCUT2D eigenvalue weighted by molar-refractivity contribution is 4.81. The normalized spacial score (nSPS) is 27.3. The first-order chi connectivity index (χ1) is 8.65. The Kier molecular flexibility index (Phi) is 7.20. The van der Waals surface area contributed by atoms with Crippen LogP contribution < -0.4 is 0 Å². The lowest BCUT2D eigenvalue weighted by atomic mass is 10.1. The number of hydrogen-bond acceptors (Lipinski definition) is 3. The number of rotatable bonds is 3. The zero-order valence-electron chi connectivity index (χ0n) is 13.2. The summed E-state index contributed by atoms with van der Waals surface area (Å²) >= 11 is 0. The van der Waals surface area contributed by atoms with Crippen molar-refractivity contribution in [3.63, 3.8) is 0 Å². The third-order valence-electron chi connectivity index (χ3n) is 4.16. The van der Waals surface area contributed by atoms with Gasteiger partial charge in [0.1, 0.15) is 0 Å². The molecule has 0 aromatic rings. The molecule has 0 aliphatic carbocycles. The second-order valence-electron chi connectivity index (χ2n) is 5.85. The Morgan fingerprint density at radius 1 is 1.00 bits per heavy atom. The molecule has 0 N–H and O–H groups in total. The lowest BCUT2D eigenvalue weighted by molar-refractivity contribution is 0.135. The fourth-order valence-electron chi connectivity index (χ4n) is 2.88. The molecule has 2 aliphatic rings. The average Bonchev–Trinajstić information content (AvgIpc) is 2.83. The Hall–Kier alpha value is -0.120. The van der Waals surface area contributed by atoms with Crippen LogP contribution in [0.4, 0.5) is 0 Å². The van der Waals surface area contributed by atoms with Gasteiger partial charge in [-0.15, -0.1) is 0 Å². The van der Waals surface area contributed by atoms with Crippen LogP contribution in [-0.2, 0) is 0 Å². The summed E-state index contributed by atoms with van der Waals surface area (Å²) in [4.78, 5) is 7.72. The maximum Gasteiger partial charge on any atom is 0.0110 e. The molecule has 0 amide bonds. The van der Waals surface area contributed by atoms with Gasteiger partial charge in [-0.25, -0.2) is 0 Å². The van der Waals surface area contributed by atoms with E-state index in [4.69, 9.17) is 0 Å². The smallest absolute Gasteiger partial charge is 0.0110 e. The minimum absolute atomic E-state index is 0.734. The summed E-state index contributed by atoms with van der Waals surface area (Å²) in [7, 11) is 2.23. The number of nitrogens with zero attached hydrogens (tertiary/aromatic N) is 3. The van der Waals surface area contributed by atoms with Gasteiger partial charge in [-0.1, -0.05) is 13.8 Å². The van der Waals surface area contributed by atoms with E-state index in [9.17, 15) is 0 Å². The van der Waals surface area contributed by atoms with Crippen molar-refractivity contribution in [1.82, 2.24) is 14.7 Å². The molecule has 0 saturated carbocycles. The standard InChI is InChI=1S/C13H27N3.C2H6/c1-12(2)16-5-4-13(11-16)10-15-8-6-14(3)7-9-15;1-2/h12-13H,4-11H2,1-3H3;1-2H3. The summed E-state index contributed by atoms with van der Waals surface area (Å²) in [5.41, 5.74) is 0. The van der Waals surface area contributed by atoms with Crippen LogP contribution in [-0.4, -0.2) is 73.6 Å². The van der Waals surface area contributed by atoms with Gasteiger partial charge in [0, 0.05) is 45.3 Å². The van der Waals surface area contributed by atoms with Crippen molar-refractivity contribution < 1.29 is 0 Å². The van der Waals surface area contributed by atoms with Crippen LogP contribution in [0.25, 0.3) is 0 Å². The molecule has 3 heteroatoms. The van der Waals surface area contributed by atoms with Crippen LogP contribution in [0, 0.1) is 5.92 Å². The Bertz CT molecular complexity index is 210. The highest BCUT2D eigenvalue weighted by atomic mass is 15.3. The Balaban J connectivity index is 0.000000771. The molecule has 0 aromatic heterocycles. The molecule has 2 rings (SSSR count). The van der Waals surface area contributed by atoms with Crippen LogP contribution in [0.2, 0.25) is 0 Å². The topological polar surface area (TPSA) is 9.72 Å². The van der Waals surface area contributed by atoms with Crippen LogP contribution >= 0.6 is 0 Å². The molecule has 2 heterocycles. The molecule has 3 nitrogen and oxygen atoms in total. The first-order valence-electron chi connectivity index (χ1n) is 7.80. The first kappa shape index (κ1) is 15.9. The molecule has 1 unspecified atom stereocenters. The molecule has 0 aromatic carbocycles. The van der Waals surface area contributed by atoms with Gasteiger partial charge in [0.05, 0.1) is 0 Å². The SMILES string of the molecule is CC.CC(C)N1CCC(CN2CCN(C)CC2)C1. The van der Waals surface area contributed by atoms with Gasteiger partial charge in [-0.2, -0.15) is 0 Å². The molecule has 2 aliphatic heterocycles. The fourth-order valence-corrected chi connectivity index (χ4v) is 2.88. The van der Waals surface area contributed by atoms with E-state index in [0.29, 0.717) is 0 Å². The zero-order chi connectivity index (χ0) is 13.5. The van der Waals surface area contributed by atoms with Crippen molar-refractivity contribution in [3.8, 4) is 0 Å². The number of likely N-dealkylation sites (tertiary alicyclic amines) is 1. The second-order valence-corrected chi connectivity index (χ2v) is 5.85. The summed E-state index contributed by atoms with van der Waals surface area (Å²) < 4.78 is 0. The van der Waals surface area contributed by atoms with Gasteiger partial charge in [-0.3, -0.25) is 0 Å². The van der Waals surface area contributed by atoms with E-state index in [2.05, 4.69) is 35.6 Å². The summed E-state index contributed by atoms with van der Waals surface area (Å²) in [5.74, 6) is 0.922. The first-order valence-corrected chi connectivity index (χ1v) is 7.80. The molecular formula is C15H33N3. The lowest BCUT2D eigenvalue weighted by Gasteiger charge is -2.34. The summed E-state index contributed by atoms with van der Waals surface area (Å²) in [6, 6.07) is 0.734. The molecule has 0 bridgehead atoms.